The van der Waals surface area contributed by atoms with E-state index in [9.17, 15) is 4.39 Å². The third-order valence-electron chi connectivity index (χ3n) is 2.63. The molecule has 1 aromatic heterocycles. The lowest BCUT2D eigenvalue weighted by atomic mass is 9.96. The minimum absolute atomic E-state index is 0.0160. The molecule has 0 fully saturated rings. The molecule has 16 heavy (non-hydrogen) atoms. The lowest BCUT2D eigenvalue weighted by molar-refractivity contribution is 0.142. The van der Waals surface area contributed by atoms with Gasteiger partial charge in [0.2, 0.25) is 0 Å². The SMILES string of the molecule is CCCC(F)(CN)c1c(Br)cnn1C(C)C. The Morgan fingerprint density at radius 2 is 2.25 bits per heavy atom. The van der Waals surface area contributed by atoms with E-state index in [2.05, 4.69) is 21.0 Å². The molecule has 92 valence electrons. The lowest BCUT2D eigenvalue weighted by Crippen LogP contribution is -2.33. The first-order valence-electron chi connectivity index (χ1n) is 5.58. The molecule has 0 aromatic carbocycles. The molecule has 0 aliphatic heterocycles. The predicted molar refractivity (Wildman–Crippen MR) is 67.1 cm³/mol. The van der Waals surface area contributed by atoms with Crippen LogP contribution in [0, 0.1) is 0 Å². The van der Waals surface area contributed by atoms with Crippen LogP contribution in [-0.2, 0) is 5.67 Å². The van der Waals surface area contributed by atoms with Gasteiger partial charge in [0.1, 0.15) is 0 Å². The minimum atomic E-state index is -1.49. The van der Waals surface area contributed by atoms with Crippen LogP contribution in [-0.4, -0.2) is 16.3 Å². The van der Waals surface area contributed by atoms with Gasteiger partial charge in [0.25, 0.3) is 0 Å². The van der Waals surface area contributed by atoms with Crippen molar-refractivity contribution >= 4 is 15.9 Å². The molecule has 1 heterocycles. The Labute approximate surface area is 104 Å². The van der Waals surface area contributed by atoms with E-state index in [1.165, 1.54) is 0 Å². The van der Waals surface area contributed by atoms with Crippen LogP contribution in [0.15, 0.2) is 10.7 Å². The molecule has 0 radical (unpaired) electrons. The van der Waals surface area contributed by atoms with E-state index in [0.717, 1.165) is 6.42 Å². The molecule has 3 nitrogen and oxygen atoms in total. The first-order chi connectivity index (χ1) is 7.46. The van der Waals surface area contributed by atoms with Gasteiger partial charge >= 0.3 is 0 Å². The maximum Gasteiger partial charge on any atom is 0.165 e. The monoisotopic (exact) mass is 291 g/mol. The molecule has 0 spiro atoms. The molecule has 2 N–H and O–H groups in total. The van der Waals surface area contributed by atoms with Crippen LogP contribution in [0.1, 0.15) is 45.3 Å². The number of alkyl halides is 1. The first kappa shape index (κ1) is 13.6. The summed E-state index contributed by atoms with van der Waals surface area (Å²) in [6.45, 7) is 5.89. The first-order valence-corrected chi connectivity index (χ1v) is 6.38. The number of rotatable bonds is 5. The van der Waals surface area contributed by atoms with Crippen molar-refractivity contribution in [3.63, 3.8) is 0 Å². The zero-order valence-corrected chi connectivity index (χ0v) is 11.6. The van der Waals surface area contributed by atoms with E-state index < -0.39 is 5.67 Å². The summed E-state index contributed by atoms with van der Waals surface area (Å²) in [6, 6.07) is 0.125. The maximum absolute atomic E-state index is 14.8. The van der Waals surface area contributed by atoms with Crippen molar-refractivity contribution in [3.05, 3.63) is 16.4 Å². The van der Waals surface area contributed by atoms with Gasteiger partial charge in [-0.15, -0.1) is 0 Å². The van der Waals surface area contributed by atoms with E-state index in [1.807, 2.05) is 20.8 Å². The number of hydrogen-bond acceptors (Lipinski definition) is 2. The third kappa shape index (κ3) is 2.46. The van der Waals surface area contributed by atoms with Gasteiger partial charge < -0.3 is 5.73 Å². The van der Waals surface area contributed by atoms with E-state index in [1.54, 1.807) is 10.9 Å². The number of hydrogen-bond donors (Lipinski definition) is 1. The lowest BCUT2D eigenvalue weighted by Gasteiger charge is -2.26. The Hall–Kier alpha value is -0.420. The number of nitrogens with zero attached hydrogens (tertiary/aromatic N) is 2. The second kappa shape index (κ2) is 5.27. The largest absolute Gasteiger partial charge is 0.327 e. The van der Waals surface area contributed by atoms with Gasteiger partial charge in [-0.1, -0.05) is 13.3 Å². The summed E-state index contributed by atoms with van der Waals surface area (Å²) in [7, 11) is 0. The Morgan fingerprint density at radius 3 is 2.69 bits per heavy atom. The molecule has 0 aliphatic rings. The zero-order chi connectivity index (χ0) is 12.3. The van der Waals surface area contributed by atoms with Crippen LogP contribution in [0.4, 0.5) is 4.39 Å². The summed E-state index contributed by atoms with van der Waals surface area (Å²) in [5, 5.41) is 4.19. The molecule has 5 heteroatoms. The van der Waals surface area contributed by atoms with Crippen molar-refractivity contribution in [1.82, 2.24) is 9.78 Å². The zero-order valence-electron chi connectivity index (χ0n) is 10.0. The molecule has 0 saturated carbocycles. The van der Waals surface area contributed by atoms with E-state index in [0.29, 0.717) is 16.6 Å². The van der Waals surface area contributed by atoms with Gasteiger partial charge in [0.05, 0.1) is 16.4 Å². The Morgan fingerprint density at radius 1 is 1.62 bits per heavy atom. The topological polar surface area (TPSA) is 43.8 Å². The highest BCUT2D eigenvalue weighted by Gasteiger charge is 2.35. The molecule has 1 unspecified atom stereocenters. The fraction of sp³-hybridized carbons (Fsp3) is 0.727. The standard InChI is InChI=1S/C11H19BrFN3/c1-4-5-11(13,7-14)10-9(12)6-15-16(10)8(2)3/h6,8H,4-5,7,14H2,1-3H3. The number of aromatic nitrogens is 2. The molecule has 1 rings (SSSR count). The molecular weight excluding hydrogens is 273 g/mol. The molecule has 0 amide bonds. The van der Waals surface area contributed by atoms with Gasteiger partial charge in [-0.2, -0.15) is 5.10 Å². The summed E-state index contributed by atoms with van der Waals surface area (Å²) in [6.07, 6.45) is 2.80. The van der Waals surface area contributed by atoms with Gasteiger partial charge in [-0.3, -0.25) is 4.68 Å². The maximum atomic E-state index is 14.8. The second-order valence-corrected chi connectivity index (χ2v) is 5.15. The normalized spacial score (nSPS) is 15.4. The Balaban J connectivity index is 3.22. The van der Waals surface area contributed by atoms with E-state index in [4.69, 9.17) is 5.73 Å². The van der Waals surface area contributed by atoms with Gasteiger partial charge in [0, 0.05) is 12.6 Å². The summed E-state index contributed by atoms with van der Waals surface area (Å²) in [4.78, 5) is 0. The molecule has 0 aliphatic carbocycles. The molecule has 0 saturated heterocycles. The highest BCUT2D eigenvalue weighted by Crippen LogP contribution is 2.36. The average Bonchev–Trinajstić information content (AvgIpc) is 2.61. The molecule has 0 bridgehead atoms. The van der Waals surface area contributed by atoms with E-state index in [-0.39, 0.29) is 12.6 Å². The van der Waals surface area contributed by atoms with Crippen LogP contribution in [0.5, 0.6) is 0 Å². The van der Waals surface area contributed by atoms with Crippen LogP contribution < -0.4 is 5.73 Å². The van der Waals surface area contributed by atoms with Crippen molar-refractivity contribution in [3.8, 4) is 0 Å². The van der Waals surface area contributed by atoms with Crippen LogP contribution in [0.3, 0.4) is 0 Å². The Bertz CT molecular complexity index is 351. The Kier molecular flexibility index (Phi) is 4.50. The predicted octanol–water partition coefficient (Wildman–Crippen LogP) is 3.15. The van der Waals surface area contributed by atoms with Gasteiger partial charge in [-0.25, -0.2) is 4.39 Å². The minimum Gasteiger partial charge on any atom is -0.327 e. The van der Waals surface area contributed by atoms with Crippen molar-refractivity contribution in [2.24, 2.45) is 5.73 Å². The average molecular weight is 292 g/mol. The quantitative estimate of drug-likeness (QED) is 0.906. The summed E-state index contributed by atoms with van der Waals surface area (Å²) in [5.41, 5.74) is 4.66. The number of nitrogens with two attached hydrogens (primary N) is 1. The van der Waals surface area contributed by atoms with Crippen LogP contribution in [0.25, 0.3) is 0 Å². The van der Waals surface area contributed by atoms with Gasteiger partial charge in [-0.05, 0) is 36.2 Å². The third-order valence-corrected chi connectivity index (χ3v) is 3.21. The highest BCUT2D eigenvalue weighted by atomic mass is 79.9. The fourth-order valence-corrected chi connectivity index (χ4v) is 2.49. The van der Waals surface area contributed by atoms with Crippen molar-refractivity contribution < 1.29 is 4.39 Å². The van der Waals surface area contributed by atoms with Crippen LogP contribution >= 0.6 is 15.9 Å². The molecular formula is C11H19BrFN3. The van der Waals surface area contributed by atoms with Crippen molar-refractivity contribution in [2.75, 3.05) is 6.54 Å². The summed E-state index contributed by atoms with van der Waals surface area (Å²) < 4.78 is 17.2. The van der Waals surface area contributed by atoms with Crippen molar-refractivity contribution in [2.45, 2.75) is 45.3 Å². The van der Waals surface area contributed by atoms with Crippen molar-refractivity contribution in [1.29, 1.82) is 0 Å². The highest BCUT2D eigenvalue weighted by molar-refractivity contribution is 9.10. The smallest absolute Gasteiger partial charge is 0.165 e. The van der Waals surface area contributed by atoms with E-state index >= 15 is 0 Å². The number of halogens is 2. The van der Waals surface area contributed by atoms with Crippen LogP contribution in [0.2, 0.25) is 0 Å². The van der Waals surface area contributed by atoms with Gasteiger partial charge in [0.15, 0.2) is 5.67 Å². The molecule has 1 aromatic rings. The summed E-state index contributed by atoms with van der Waals surface area (Å²) >= 11 is 3.35. The molecule has 1 atom stereocenters. The summed E-state index contributed by atoms with van der Waals surface area (Å²) in [5.74, 6) is 0. The fourth-order valence-electron chi connectivity index (χ4n) is 1.87. The second-order valence-electron chi connectivity index (χ2n) is 4.30.